The van der Waals surface area contributed by atoms with E-state index in [0.29, 0.717) is 24.4 Å². The van der Waals surface area contributed by atoms with E-state index in [0.717, 1.165) is 16.7 Å². The molecule has 146 valence electrons. The zero-order chi connectivity index (χ0) is 20.1. The molecule has 1 aliphatic rings. The van der Waals surface area contributed by atoms with E-state index in [9.17, 15) is 9.59 Å². The highest BCUT2D eigenvalue weighted by Gasteiger charge is 2.33. The van der Waals surface area contributed by atoms with Crippen LogP contribution in [0.1, 0.15) is 22.7 Å². The summed E-state index contributed by atoms with van der Waals surface area (Å²) < 4.78 is 5.02. The lowest BCUT2D eigenvalue weighted by atomic mass is 9.94. The van der Waals surface area contributed by atoms with Crippen molar-refractivity contribution >= 4 is 12.0 Å². The maximum atomic E-state index is 12.6. The summed E-state index contributed by atoms with van der Waals surface area (Å²) in [4.78, 5) is 26.9. The number of carbonyl (C=O) groups is 2. The van der Waals surface area contributed by atoms with Gasteiger partial charge in [-0.15, -0.1) is 0 Å². The Kier molecular flexibility index (Phi) is 6.11. The van der Waals surface area contributed by atoms with Gasteiger partial charge in [-0.25, -0.2) is 9.59 Å². The van der Waals surface area contributed by atoms with Crippen molar-refractivity contribution in [3.63, 3.8) is 0 Å². The number of aryl methyl sites for hydroxylation is 1. The van der Waals surface area contributed by atoms with Gasteiger partial charge in [0.05, 0.1) is 18.7 Å². The molecule has 6 nitrogen and oxygen atoms in total. The number of ether oxygens (including phenoxy) is 1. The third kappa shape index (κ3) is 4.58. The largest absolute Gasteiger partial charge is 0.466 e. The SMILES string of the molecule is COC(=O)C1=C(CN(C)Cc2ccccc2)NC(=O)N[C@H]1c1ccc(C)cc1. The molecule has 2 amide bonds. The first-order valence-electron chi connectivity index (χ1n) is 9.16. The molecule has 0 bridgehead atoms. The molecular weight excluding hydrogens is 354 g/mol. The van der Waals surface area contributed by atoms with Crippen LogP contribution >= 0.6 is 0 Å². The Balaban J connectivity index is 1.92. The number of hydrogen-bond acceptors (Lipinski definition) is 4. The maximum Gasteiger partial charge on any atom is 0.338 e. The van der Waals surface area contributed by atoms with Crippen LogP contribution in [0.15, 0.2) is 65.9 Å². The monoisotopic (exact) mass is 379 g/mol. The first-order valence-corrected chi connectivity index (χ1v) is 9.16. The van der Waals surface area contributed by atoms with E-state index in [2.05, 4.69) is 10.6 Å². The predicted octanol–water partition coefficient (Wildman–Crippen LogP) is 2.91. The fraction of sp³-hybridized carbons (Fsp3) is 0.273. The highest BCUT2D eigenvalue weighted by molar-refractivity contribution is 5.95. The number of amides is 2. The molecule has 0 spiro atoms. The summed E-state index contributed by atoms with van der Waals surface area (Å²) in [6.45, 7) is 3.10. The van der Waals surface area contributed by atoms with E-state index in [-0.39, 0.29) is 6.03 Å². The molecule has 0 saturated carbocycles. The van der Waals surface area contributed by atoms with Crippen LogP contribution in [0.25, 0.3) is 0 Å². The van der Waals surface area contributed by atoms with Crippen molar-refractivity contribution in [3.8, 4) is 0 Å². The minimum absolute atomic E-state index is 0.332. The van der Waals surface area contributed by atoms with Crippen molar-refractivity contribution in [2.24, 2.45) is 0 Å². The van der Waals surface area contributed by atoms with Gasteiger partial charge in [-0.1, -0.05) is 60.2 Å². The number of nitrogens with one attached hydrogen (secondary N) is 2. The summed E-state index contributed by atoms with van der Waals surface area (Å²) >= 11 is 0. The van der Waals surface area contributed by atoms with Crippen molar-refractivity contribution in [1.29, 1.82) is 0 Å². The Bertz CT molecular complexity index is 876. The Hall–Kier alpha value is -3.12. The van der Waals surface area contributed by atoms with Crippen LogP contribution in [-0.2, 0) is 16.1 Å². The van der Waals surface area contributed by atoms with Gasteiger partial charge in [0.25, 0.3) is 0 Å². The number of urea groups is 1. The summed E-state index contributed by atoms with van der Waals surface area (Å²) in [5.74, 6) is -0.457. The van der Waals surface area contributed by atoms with Crippen LogP contribution in [0.5, 0.6) is 0 Å². The van der Waals surface area contributed by atoms with Crippen molar-refractivity contribution in [3.05, 3.63) is 82.6 Å². The van der Waals surface area contributed by atoms with Gasteiger partial charge >= 0.3 is 12.0 Å². The van der Waals surface area contributed by atoms with Crippen molar-refractivity contribution in [1.82, 2.24) is 15.5 Å². The lowest BCUT2D eigenvalue weighted by molar-refractivity contribution is -0.136. The summed E-state index contributed by atoms with van der Waals surface area (Å²) in [6.07, 6.45) is 0. The van der Waals surface area contributed by atoms with Gasteiger partial charge < -0.3 is 15.4 Å². The highest BCUT2D eigenvalue weighted by atomic mass is 16.5. The summed E-state index contributed by atoms with van der Waals surface area (Å²) in [7, 11) is 3.30. The topological polar surface area (TPSA) is 70.7 Å². The molecule has 0 saturated heterocycles. The van der Waals surface area contributed by atoms with Crippen LogP contribution in [0.3, 0.4) is 0 Å². The summed E-state index contributed by atoms with van der Waals surface area (Å²) in [5.41, 5.74) is 4.07. The fourth-order valence-corrected chi connectivity index (χ4v) is 3.32. The van der Waals surface area contributed by atoms with Gasteiger partial charge in [-0.2, -0.15) is 0 Å². The minimum Gasteiger partial charge on any atom is -0.466 e. The Morgan fingerprint density at radius 3 is 2.39 bits per heavy atom. The Morgan fingerprint density at radius 1 is 1.07 bits per heavy atom. The molecule has 0 aliphatic carbocycles. The molecule has 1 heterocycles. The van der Waals surface area contributed by atoms with Crippen molar-refractivity contribution in [2.75, 3.05) is 20.7 Å². The molecule has 0 unspecified atom stereocenters. The molecule has 0 radical (unpaired) electrons. The second kappa shape index (κ2) is 8.71. The van der Waals surface area contributed by atoms with E-state index in [1.165, 1.54) is 7.11 Å². The molecule has 0 aromatic heterocycles. The third-order valence-corrected chi connectivity index (χ3v) is 4.69. The average Bonchev–Trinajstić information content (AvgIpc) is 2.68. The first kappa shape index (κ1) is 19.6. The maximum absolute atomic E-state index is 12.6. The van der Waals surface area contributed by atoms with Gasteiger partial charge in [0.15, 0.2) is 0 Å². The van der Waals surface area contributed by atoms with Crippen LogP contribution in [0.4, 0.5) is 4.79 Å². The van der Waals surface area contributed by atoms with Crippen LogP contribution < -0.4 is 10.6 Å². The molecule has 2 aromatic carbocycles. The highest BCUT2D eigenvalue weighted by Crippen LogP contribution is 2.28. The van der Waals surface area contributed by atoms with Crippen LogP contribution in [0, 0.1) is 6.92 Å². The Labute approximate surface area is 165 Å². The van der Waals surface area contributed by atoms with Gasteiger partial charge in [0.1, 0.15) is 0 Å². The number of likely N-dealkylation sites (N-methyl/N-ethyl adjacent to an activating group) is 1. The average molecular weight is 379 g/mol. The molecule has 6 heteroatoms. The zero-order valence-electron chi connectivity index (χ0n) is 16.4. The smallest absolute Gasteiger partial charge is 0.338 e. The number of hydrogen-bond donors (Lipinski definition) is 2. The fourth-order valence-electron chi connectivity index (χ4n) is 3.32. The number of methoxy groups -OCH3 is 1. The van der Waals surface area contributed by atoms with Crippen LogP contribution in [0.2, 0.25) is 0 Å². The molecule has 2 N–H and O–H groups in total. The van der Waals surface area contributed by atoms with E-state index in [1.54, 1.807) is 0 Å². The normalized spacial score (nSPS) is 16.6. The molecule has 0 fully saturated rings. The number of benzene rings is 2. The van der Waals surface area contributed by atoms with Gasteiger partial charge in [0, 0.05) is 18.8 Å². The number of carbonyl (C=O) groups excluding carboxylic acids is 2. The summed E-state index contributed by atoms with van der Waals surface area (Å²) in [5, 5.41) is 5.64. The molecule has 2 aromatic rings. The van der Waals surface area contributed by atoms with Crippen molar-refractivity contribution in [2.45, 2.75) is 19.5 Å². The third-order valence-electron chi connectivity index (χ3n) is 4.69. The number of esters is 1. The van der Waals surface area contributed by atoms with Crippen molar-refractivity contribution < 1.29 is 14.3 Å². The minimum atomic E-state index is -0.554. The van der Waals surface area contributed by atoms with Gasteiger partial charge in [0.2, 0.25) is 0 Å². The van der Waals surface area contributed by atoms with E-state index < -0.39 is 12.0 Å². The predicted molar refractivity (Wildman–Crippen MR) is 107 cm³/mol. The molecular formula is C22H25N3O3. The lowest BCUT2D eigenvalue weighted by Crippen LogP contribution is -2.48. The Morgan fingerprint density at radius 2 is 1.75 bits per heavy atom. The van der Waals surface area contributed by atoms with E-state index in [1.807, 2.05) is 73.5 Å². The summed E-state index contributed by atoms with van der Waals surface area (Å²) in [6, 6.07) is 16.9. The molecule has 1 atom stereocenters. The first-order chi connectivity index (χ1) is 13.5. The van der Waals surface area contributed by atoms with E-state index >= 15 is 0 Å². The molecule has 28 heavy (non-hydrogen) atoms. The van der Waals surface area contributed by atoms with Gasteiger partial charge in [-0.05, 0) is 25.1 Å². The molecule has 1 aliphatic heterocycles. The second-order valence-corrected chi connectivity index (χ2v) is 6.98. The van der Waals surface area contributed by atoms with Gasteiger partial charge in [-0.3, -0.25) is 4.90 Å². The number of rotatable bonds is 6. The molecule has 3 rings (SSSR count). The van der Waals surface area contributed by atoms with Crippen LogP contribution in [-0.4, -0.2) is 37.6 Å². The van der Waals surface area contributed by atoms with E-state index in [4.69, 9.17) is 4.74 Å². The zero-order valence-corrected chi connectivity index (χ0v) is 16.4. The lowest BCUT2D eigenvalue weighted by Gasteiger charge is -2.31. The number of nitrogens with zero attached hydrogens (tertiary/aromatic N) is 1. The quantitative estimate of drug-likeness (QED) is 0.757. The standard InChI is InChI=1S/C22H25N3O3/c1-15-9-11-17(12-10-15)20-19(21(26)28-3)18(23-22(27)24-20)14-25(2)13-16-7-5-4-6-8-16/h4-12,20H,13-14H2,1-3H3,(H2,23,24,27)/t20-/m0/s1. The second-order valence-electron chi connectivity index (χ2n) is 6.98.